The Balaban J connectivity index is 2.34. The lowest BCUT2D eigenvalue weighted by Gasteiger charge is -2.16. The van der Waals surface area contributed by atoms with Gasteiger partial charge < -0.3 is 4.90 Å². The van der Waals surface area contributed by atoms with Crippen molar-refractivity contribution in [2.45, 2.75) is 25.8 Å². The Bertz CT molecular complexity index is 316. The van der Waals surface area contributed by atoms with Gasteiger partial charge >= 0.3 is 0 Å². The molecule has 0 radical (unpaired) electrons. The van der Waals surface area contributed by atoms with Crippen LogP contribution in [0.25, 0.3) is 0 Å². The summed E-state index contributed by atoms with van der Waals surface area (Å²) < 4.78 is 0. The Hall–Kier alpha value is -1.09. The minimum atomic E-state index is 0.161. The van der Waals surface area contributed by atoms with E-state index in [0.29, 0.717) is 18.8 Å². The smallest absolute Gasteiger partial charge is 0.222 e. The summed E-state index contributed by atoms with van der Waals surface area (Å²) in [7, 11) is 1.82. The van der Waals surface area contributed by atoms with E-state index in [1.54, 1.807) is 17.3 Å². The van der Waals surface area contributed by atoms with E-state index in [1.165, 1.54) is 0 Å². The largest absolute Gasteiger partial charge is 0.341 e. The zero-order valence-electron chi connectivity index (χ0n) is 9.53. The molecule has 0 aliphatic rings. The SMILES string of the molecule is CN(Cc1cccnc1)C(=O)CCCCCl. The van der Waals surface area contributed by atoms with E-state index in [4.69, 9.17) is 11.6 Å². The van der Waals surface area contributed by atoms with Crippen molar-refractivity contribution >= 4 is 17.5 Å². The summed E-state index contributed by atoms with van der Waals surface area (Å²) >= 11 is 5.56. The van der Waals surface area contributed by atoms with Crippen LogP contribution in [0.1, 0.15) is 24.8 Å². The lowest BCUT2D eigenvalue weighted by atomic mass is 10.2. The number of halogens is 1. The van der Waals surface area contributed by atoms with Crippen molar-refractivity contribution in [3.63, 3.8) is 0 Å². The lowest BCUT2D eigenvalue weighted by molar-refractivity contribution is -0.130. The molecule has 4 heteroatoms. The van der Waals surface area contributed by atoms with Crippen LogP contribution in [0.5, 0.6) is 0 Å². The molecule has 0 unspecified atom stereocenters. The molecule has 16 heavy (non-hydrogen) atoms. The highest BCUT2D eigenvalue weighted by molar-refractivity contribution is 6.17. The van der Waals surface area contributed by atoms with Gasteiger partial charge in [0.2, 0.25) is 5.91 Å². The van der Waals surface area contributed by atoms with Gasteiger partial charge in [0.25, 0.3) is 0 Å². The van der Waals surface area contributed by atoms with Gasteiger partial charge in [-0.3, -0.25) is 9.78 Å². The van der Waals surface area contributed by atoms with Gasteiger partial charge in [-0.1, -0.05) is 6.07 Å². The third-order valence-electron chi connectivity index (χ3n) is 2.34. The van der Waals surface area contributed by atoms with Crippen LogP contribution in [-0.4, -0.2) is 28.7 Å². The van der Waals surface area contributed by atoms with Crippen molar-refractivity contribution in [1.82, 2.24) is 9.88 Å². The Morgan fingerprint density at radius 1 is 1.50 bits per heavy atom. The van der Waals surface area contributed by atoms with Crippen molar-refractivity contribution < 1.29 is 4.79 Å². The van der Waals surface area contributed by atoms with Crippen LogP contribution in [0.15, 0.2) is 24.5 Å². The number of aromatic nitrogens is 1. The van der Waals surface area contributed by atoms with E-state index in [2.05, 4.69) is 4.98 Å². The predicted molar refractivity (Wildman–Crippen MR) is 65.3 cm³/mol. The molecule has 1 aromatic rings. The minimum absolute atomic E-state index is 0.161. The molecule has 0 saturated carbocycles. The molecule has 0 aliphatic heterocycles. The molecular formula is C12H17ClN2O. The highest BCUT2D eigenvalue weighted by atomic mass is 35.5. The molecule has 0 fully saturated rings. The number of alkyl halides is 1. The molecular weight excluding hydrogens is 224 g/mol. The number of pyridine rings is 1. The molecule has 88 valence electrons. The minimum Gasteiger partial charge on any atom is -0.341 e. The first-order chi connectivity index (χ1) is 7.74. The monoisotopic (exact) mass is 240 g/mol. The summed E-state index contributed by atoms with van der Waals surface area (Å²) in [4.78, 5) is 17.4. The molecule has 0 aromatic carbocycles. The maximum absolute atomic E-state index is 11.7. The maximum atomic E-state index is 11.7. The number of carbonyl (C=O) groups excluding carboxylic acids is 1. The van der Waals surface area contributed by atoms with E-state index in [1.807, 2.05) is 19.2 Å². The van der Waals surface area contributed by atoms with Crippen molar-refractivity contribution in [2.24, 2.45) is 0 Å². The maximum Gasteiger partial charge on any atom is 0.222 e. The normalized spacial score (nSPS) is 10.1. The standard InChI is InChI=1S/C12H17ClN2O/c1-15(12(16)6-2-3-7-13)10-11-5-4-8-14-9-11/h4-5,8-9H,2-3,6-7,10H2,1H3. The average molecular weight is 241 g/mol. The average Bonchev–Trinajstić information content (AvgIpc) is 2.30. The molecule has 1 rings (SSSR count). The summed E-state index contributed by atoms with van der Waals surface area (Å²) in [6, 6.07) is 3.84. The fourth-order valence-corrected chi connectivity index (χ4v) is 1.60. The molecule has 1 amide bonds. The van der Waals surface area contributed by atoms with Gasteiger partial charge in [0, 0.05) is 38.3 Å². The number of hydrogen-bond acceptors (Lipinski definition) is 2. The van der Waals surface area contributed by atoms with Crippen molar-refractivity contribution in [2.75, 3.05) is 12.9 Å². The predicted octanol–water partition coefficient (Wildman–Crippen LogP) is 2.45. The first kappa shape index (κ1) is 13.0. The quantitative estimate of drug-likeness (QED) is 0.565. The second-order valence-electron chi connectivity index (χ2n) is 3.76. The number of unbranched alkanes of at least 4 members (excludes halogenated alkanes) is 1. The summed E-state index contributed by atoms with van der Waals surface area (Å²) in [5.74, 6) is 0.786. The summed E-state index contributed by atoms with van der Waals surface area (Å²) in [6.07, 6.45) is 5.84. The van der Waals surface area contributed by atoms with Crippen LogP contribution in [0.4, 0.5) is 0 Å². The Morgan fingerprint density at radius 3 is 2.94 bits per heavy atom. The van der Waals surface area contributed by atoms with E-state index in [9.17, 15) is 4.79 Å². The zero-order chi connectivity index (χ0) is 11.8. The van der Waals surface area contributed by atoms with Crippen LogP contribution in [0.3, 0.4) is 0 Å². The van der Waals surface area contributed by atoms with Gasteiger partial charge in [0.15, 0.2) is 0 Å². The third-order valence-corrected chi connectivity index (χ3v) is 2.61. The summed E-state index contributed by atoms with van der Waals surface area (Å²) in [6.45, 7) is 0.619. The fraction of sp³-hybridized carbons (Fsp3) is 0.500. The van der Waals surface area contributed by atoms with Crippen molar-refractivity contribution in [3.8, 4) is 0 Å². The number of rotatable bonds is 6. The van der Waals surface area contributed by atoms with Crippen LogP contribution in [0.2, 0.25) is 0 Å². The van der Waals surface area contributed by atoms with Gasteiger partial charge in [-0.25, -0.2) is 0 Å². The van der Waals surface area contributed by atoms with Gasteiger partial charge in [-0.2, -0.15) is 0 Å². The van der Waals surface area contributed by atoms with Gasteiger partial charge in [-0.15, -0.1) is 11.6 Å². The topological polar surface area (TPSA) is 33.2 Å². The second-order valence-corrected chi connectivity index (χ2v) is 4.14. The highest BCUT2D eigenvalue weighted by Crippen LogP contribution is 2.05. The van der Waals surface area contributed by atoms with Gasteiger partial charge in [0.05, 0.1) is 0 Å². The highest BCUT2D eigenvalue weighted by Gasteiger charge is 2.08. The Labute approximate surface area is 101 Å². The van der Waals surface area contributed by atoms with E-state index >= 15 is 0 Å². The molecule has 1 aromatic heterocycles. The molecule has 0 atom stereocenters. The third kappa shape index (κ3) is 4.62. The lowest BCUT2D eigenvalue weighted by Crippen LogP contribution is -2.25. The fourth-order valence-electron chi connectivity index (χ4n) is 1.42. The summed E-state index contributed by atoms with van der Waals surface area (Å²) in [5.41, 5.74) is 1.05. The zero-order valence-corrected chi connectivity index (χ0v) is 10.3. The first-order valence-electron chi connectivity index (χ1n) is 5.43. The Kier molecular flexibility index (Phi) is 5.86. The molecule has 1 heterocycles. The van der Waals surface area contributed by atoms with Gasteiger partial charge in [0.1, 0.15) is 0 Å². The molecule has 0 spiro atoms. The second kappa shape index (κ2) is 7.23. The molecule has 0 saturated heterocycles. The van der Waals surface area contributed by atoms with E-state index < -0.39 is 0 Å². The first-order valence-corrected chi connectivity index (χ1v) is 5.96. The van der Waals surface area contributed by atoms with Crippen LogP contribution in [0, 0.1) is 0 Å². The number of amides is 1. The van der Waals surface area contributed by atoms with E-state index in [0.717, 1.165) is 18.4 Å². The van der Waals surface area contributed by atoms with Crippen molar-refractivity contribution in [1.29, 1.82) is 0 Å². The molecule has 0 N–H and O–H groups in total. The molecule has 0 aliphatic carbocycles. The van der Waals surface area contributed by atoms with Gasteiger partial charge in [-0.05, 0) is 24.5 Å². The van der Waals surface area contributed by atoms with Crippen molar-refractivity contribution in [3.05, 3.63) is 30.1 Å². The van der Waals surface area contributed by atoms with Crippen LogP contribution < -0.4 is 0 Å². The number of nitrogens with zero attached hydrogens (tertiary/aromatic N) is 2. The molecule has 3 nitrogen and oxygen atoms in total. The molecule has 0 bridgehead atoms. The van der Waals surface area contributed by atoms with E-state index in [-0.39, 0.29) is 5.91 Å². The van der Waals surface area contributed by atoms with Crippen LogP contribution >= 0.6 is 11.6 Å². The number of hydrogen-bond donors (Lipinski definition) is 0. The summed E-state index contributed by atoms with van der Waals surface area (Å²) in [5, 5.41) is 0. The van der Waals surface area contributed by atoms with Crippen LogP contribution in [-0.2, 0) is 11.3 Å². The number of carbonyl (C=O) groups is 1. The Morgan fingerprint density at radius 2 is 2.31 bits per heavy atom.